The molecule has 0 saturated heterocycles. The molecule has 0 bridgehead atoms. The highest BCUT2D eigenvalue weighted by Gasteiger charge is 2.14. The van der Waals surface area contributed by atoms with E-state index in [1.54, 1.807) is 6.07 Å². The number of thiophene rings is 1. The van der Waals surface area contributed by atoms with E-state index < -0.39 is 0 Å². The van der Waals surface area contributed by atoms with E-state index in [1.807, 2.05) is 23.6 Å². The molecule has 90 valence electrons. The van der Waals surface area contributed by atoms with Crippen LogP contribution < -0.4 is 11.4 Å². The second-order valence-corrected chi connectivity index (χ2v) is 5.03. The average molecular weight is 278 g/mol. The van der Waals surface area contributed by atoms with E-state index in [9.17, 15) is 4.79 Å². The Morgan fingerprint density at radius 3 is 2.83 bits per heavy atom. The molecule has 0 unspecified atom stereocenters. The Kier molecular flexibility index (Phi) is 2.57. The van der Waals surface area contributed by atoms with Crippen LogP contribution in [0.3, 0.4) is 0 Å². The number of nitrogen functional groups attached to an aromatic ring is 1. The molecule has 3 aromatic rings. The van der Waals surface area contributed by atoms with Crippen molar-refractivity contribution in [3.8, 4) is 11.1 Å². The quantitative estimate of drug-likeness (QED) is 0.695. The number of rotatable bonds is 1. The molecule has 2 aromatic heterocycles. The van der Waals surface area contributed by atoms with E-state index in [2.05, 4.69) is 4.98 Å². The van der Waals surface area contributed by atoms with Crippen LogP contribution in [0.4, 0.5) is 0 Å². The standard InChI is InChI=1S/C12H8ClN3OS/c13-9-4-2-1-3-7(9)8-5-18-11-10(8)12(17)16(14)6-15-11/h1-6H,14H2. The smallest absolute Gasteiger partial charge is 0.281 e. The Labute approximate surface area is 111 Å². The molecule has 0 aliphatic carbocycles. The van der Waals surface area contributed by atoms with Gasteiger partial charge in [0.15, 0.2) is 0 Å². The van der Waals surface area contributed by atoms with Gasteiger partial charge in [0, 0.05) is 21.5 Å². The molecule has 2 heterocycles. The van der Waals surface area contributed by atoms with Gasteiger partial charge in [-0.05, 0) is 6.07 Å². The predicted molar refractivity (Wildman–Crippen MR) is 74.5 cm³/mol. The molecule has 2 N–H and O–H groups in total. The minimum atomic E-state index is -0.267. The largest absolute Gasteiger partial charge is 0.335 e. The molecule has 4 nitrogen and oxygen atoms in total. The number of fused-ring (bicyclic) bond motifs is 1. The summed E-state index contributed by atoms with van der Waals surface area (Å²) in [7, 11) is 0. The Morgan fingerprint density at radius 2 is 2.06 bits per heavy atom. The molecule has 0 spiro atoms. The van der Waals surface area contributed by atoms with Crippen molar-refractivity contribution < 1.29 is 0 Å². The summed E-state index contributed by atoms with van der Waals surface area (Å²) in [6.07, 6.45) is 1.32. The van der Waals surface area contributed by atoms with Gasteiger partial charge >= 0.3 is 0 Å². The minimum absolute atomic E-state index is 0.267. The topological polar surface area (TPSA) is 60.9 Å². The molecule has 1 aromatic carbocycles. The predicted octanol–water partition coefficient (Wildman–Crippen LogP) is 2.49. The van der Waals surface area contributed by atoms with E-state index >= 15 is 0 Å². The van der Waals surface area contributed by atoms with Crippen molar-refractivity contribution in [1.29, 1.82) is 0 Å². The van der Waals surface area contributed by atoms with Crippen molar-refractivity contribution in [2.75, 3.05) is 5.84 Å². The average Bonchev–Trinajstić information content (AvgIpc) is 2.79. The molecule has 3 rings (SSSR count). The normalized spacial score (nSPS) is 10.9. The Bertz CT molecular complexity index is 793. The van der Waals surface area contributed by atoms with Gasteiger partial charge in [0.2, 0.25) is 0 Å². The second kappa shape index (κ2) is 4.12. The number of hydrogen-bond donors (Lipinski definition) is 1. The first-order chi connectivity index (χ1) is 8.68. The lowest BCUT2D eigenvalue weighted by Gasteiger charge is -2.02. The number of benzene rings is 1. The molecule has 18 heavy (non-hydrogen) atoms. The highest BCUT2D eigenvalue weighted by molar-refractivity contribution is 7.17. The molecule has 0 amide bonds. The van der Waals surface area contributed by atoms with Gasteiger partial charge in [-0.1, -0.05) is 29.8 Å². The summed E-state index contributed by atoms with van der Waals surface area (Å²) in [4.78, 5) is 16.9. The number of aromatic nitrogens is 2. The number of hydrogen-bond acceptors (Lipinski definition) is 4. The third-order valence-electron chi connectivity index (χ3n) is 2.68. The van der Waals surface area contributed by atoms with Crippen molar-refractivity contribution in [1.82, 2.24) is 9.66 Å². The summed E-state index contributed by atoms with van der Waals surface area (Å²) in [6.45, 7) is 0. The van der Waals surface area contributed by atoms with Crippen LogP contribution >= 0.6 is 22.9 Å². The van der Waals surface area contributed by atoms with E-state index in [1.165, 1.54) is 17.7 Å². The monoisotopic (exact) mass is 277 g/mol. The maximum atomic E-state index is 12.1. The first kappa shape index (κ1) is 11.3. The van der Waals surface area contributed by atoms with E-state index in [-0.39, 0.29) is 5.56 Å². The van der Waals surface area contributed by atoms with Crippen LogP contribution in [0.25, 0.3) is 21.3 Å². The van der Waals surface area contributed by atoms with Crippen LogP contribution in [0.5, 0.6) is 0 Å². The van der Waals surface area contributed by atoms with Gasteiger partial charge in [0.05, 0.1) is 5.39 Å². The van der Waals surface area contributed by atoms with Gasteiger partial charge in [-0.3, -0.25) is 4.79 Å². The summed E-state index contributed by atoms with van der Waals surface area (Å²) in [5.74, 6) is 5.54. The fourth-order valence-electron chi connectivity index (χ4n) is 1.82. The number of nitrogens with zero attached hydrogens (tertiary/aromatic N) is 2. The summed E-state index contributed by atoms with van der Waals surface area (Å²) < 4.78 is 0.982. The highest BCUT2D eigenvalue weighted by Crippen LogP contribution is 2.34. The van der Waals surface area contributed by atoms with Crippen LogP contribution in [0.1, 0.15) is 0 Å². The van der Waals surface area contributed by atoms with Crippen LogP contribution in [0.2, 0.25) is 5.02 Å². The molecular formula is C12H8ClN3OS. The van der Waals surface area contributed by atoms with E-state index in [4.69, 9.17) is 17.4 Å². The van der Waals surface area contributed by atoms with Gasteiger partial charge in [-0.2, -0.15) is 0 Å². The second-order valence-electron chi connectivity index (χ2n) is 3.77. The zero-order chi connectivity index (χ0) is 12.7. The van der Waals surface area contributed by atoms with Crippen LogP contribution in [0, 0.1) is 0 Å². The van der Waals surface area contributed by atoms with Crippen molar-refractivity contribution in [3.05, 3.63) is 51.3 Å². The van der Waals surface area contributed by atoms with Crippen LogP contribution in [-0.2, 0) is 0 Å². The first-order valence-corrected chi connectivity index (χ1v) is 6.43. The lowest BCUT2D eigenvalue weighted by Crippen LogP contribution is -2.26. The van der Waals surface area contributed by atoms with Crippen molar-refractivity contribution >= 4 is 33.2 Å². The zero-order valence-corrected chi connectivity index (χ0v) is 10.7. The van der Waals surface area contributed by atoms with Gasteiger partial charge in [0.25, 0.3) is 5.56 Å². The molecule has 6 heteroatoms. The van der Waals surface area contributed by atoms with Crippen LogP contribution in [-0.4, -0.2) is 9.66 Å². The molecule has 0 aliphatic rings. The van der Waals surface area contributed by atoms with Gasteiger partial charge in [0.1, 0.15) is 11.2 Å². The summed E-state index contributed by atoms with van der Waals surface area (Å²) in [5, 5.41) is 2.99. The fraction of sp³-hybridized carbons (Fsp3) is 0. The summed E-state index contributed by atoms with van der Waals surface area (Å²) in [6, 6.07) is 7.39. The van der Waals surface area contributed by atoms with Crippen molar-refractivity contribution in [2.45, 2.75) is 0 Å². The SMILES string of the molecule is Nn1cnc2scc(-c3ccccc3Cl)c2c1=O. The maximum absolute atomic E-state index is 12.1. The van der Waals surface area contributed by atoms with Gasteiger partial charge in [-0.15, -0.1) is 11.3 Å². The maximum Gasteiger partial charge on any atom is 0.281 e. The van der Waals surface area contributed by atoms with Crippen molar-refractivity contribution in [3.63, 3.8) is 0 Å². The summed E-state index contributed by atoms with van der Waals surface area (Å²) in [5.41, 5.74) is 1.32. The first-order valence-electron chi connectivity index (χ1n) is 5.17. The molecule has 0 aliphatic heterocycles. The third-order valence-corrected chi connectivity index (χ3v) is 3.90. The highest BCUT2D eigenvalue weighted by atomic mass is 35.5. The minimum Gasteiger partial charge on any atom is -0.335 e. The van der Waals surface area contributed by atoms with Gasteiger partial charge < -0.3 is 5.84 Å². The molecule has 0 saturated carbocycles. The summed E-state index contributed by atoms with van der Waals surface area (Å²) >= 11 is 7.55. The lowest BCUT2D eigenvalue weighted by atomic mass is 10.1. The molecular weight excluding hydrogens is 270 g/mol. The Hall–Kier alpha value is -1.85. The lowest BCUT2D eigenvalue weighted by molar-refractivity contribution is 0.916. The van der Waals surface area contributed by atoms with Gasteiger partial charge in [-0.25, -0.2) is 9.66 Å². The number of halogens is 1. The van der Waals surface area contributed by atoms with E-state index in [0.29, 0.717) is 15.2 Å². The van der Waals surface area contributed by atoms with Crippen LogP contribution in [0.15, 0.2) is 40.8 Å². The number of nitrogens with two attached hydrogens (primary N) is 1. The Balaban J connectivity index is 2.41. The third kappa shape index (κ3) is 1.60. The zero-order valence-electron chi connectivity index (χ0n) is 9.13. The fourth-order valence-corrected chi connectivity index (χ4v) is 2.96. The molecule has 0 radical (unpaired) electrons. The molecule has 0 fully saturated rings. The molecule has 0 atom stereocenters. The van der Waals surface area contributed by atoms with Crippen molar-refractivity contribution in [2.24, 2.45) is 0 Å². The Morgan fingerprint density at radius 1 is 1.28 bits per heavy atom. The van der Waals surface area contributed by atoms with E-state index in [0.717, 1.165) is 15.8 Å².